The maximum atomic E-state index is 12.0. The molecule has 1 heterocycles. The van der Waals surface area contributed by atoms with Gasteiger partial charge in [-0.05, 0) is 37.1 Å². The molecule has 2 rings (SSSR count). The third-order valence-corrected chi connectivity index (χ3v) is 3.80. The molecule has 1 aromatic carbocycles. The number of nitrogens with one attached hydrogen (secondary N) is 1. The Morgan fingerprint density at radius 2 is 1.62 bits per heavy atom. The Balaban J connectivity index is 1.82. The van der Waals surface area contributed by atoms with Crippen molar-refractivity contribution in [1.29, 1.82) is 0 Å². The number of rotatable bonds is 9. The van der Waals surface area contributed by atoms with Crippen LogP contribution in [0.2, 0.25) is 0 Å². The third kappa shape index (κ3) is 5.23. The summed E-state index contributed by atoms with van der Waals surface area (Å²) in [5.74, 6) is -2.22. The molecule has 1 N–H and O–H groups in total. The molecule has 26 heavy (non-hydrogen) atoms. The molecule has 0 bridgehead atoms. The van der Waals surface area contributed by atoms with Crippen molar-refractivity contribution < 1.29 is 28.8 Å². The van der Waals surface area contributed by atoms with Crippen LogP contribution >= 0.6 is 0 Å². The van der Waals surface area contributed by atoms with E-state index >= 15 is 0 Å². The second-order valence-corrected chi connectivity index (χ2v) is 5.75. The molecule has 8 heteroatoms. The summed E-state index contributed by atoms with van der Waals surface area (Å²) in [5.41, 5.74) is 0.496. The lowest BCUT2D eigenvalue weighted by Crippen LogP contribution is -2.32. The van der Waals surface area contributed by atoms with Crippen molar-refractivity contribution in [3.63, 3.8) is 0 Å². The highest BCUT2D eigenvalue weighted by molar-refractivity contribution is 6.03. The molecule has 0 aromatic heterocycles. The van der Waals surface area contributed by atoms with Crippen molar-refractivity contribution in [3.05, 3.63) is 35.4 Å². The van der Waals surface area contributed by atoms with Crippen molar-refractivity contribution in [1.82, 2.24) is 10.4 Å². The molecule has 0 spiro atoms. The average molecular weight is 359 g/mol. The van der Waals surface area contributed by atoms with E-state index in [0.717, 1.165) is 19.3 Å². The van der Waals surface area contributed by atoms with Gasteiger partial charge in [0.05, 0.1) is 5.56 Å². The van der Waals surface area contributed by atoms with Crippen LogP contribution in [0.3, 0.4) is 0 Å². The zero-order valence-electron chi connectivity index (χ0n) is 14.2. The molecule has 1 aliphatic heterocycles. The normalized spacial score (nSPS) is 13.6. The van der Waals surface area contributed by atoms with Gasteiger partial charge in [-0.15, -0.1) is 5.06 Å². The summed E-state index contributed by atoms with van der Waals surface area (Å²) >= 11 is 0. The lowest BCUT2D eigenvalue weighted by atomic mass is 10.1. The number of benzene rings is 1. The Hall–Kier alpha value is -3.03. The van der Waals surface area contributed by atoms with Crippen LogP contribution in [0.15, 0.2) is 24.3 Å². The molecule has 3 amide bonds. The maximum absolute atomic E-state index is 12.0. The third-order valence-electron chi connectivity index (χ3n) is 3.80. The fourth-order valence-electron chi connectivity index (χ4n) is 2.35. The fraction of sp³-hybridized carbons (Fsp3) is 0.389. The van der Waals surface area contributed by atoms with Crippen LogP contribution in [0.25, 0.3) is 0 Å². The first-order chi connectivity index (χ1) is 12.5. The van der Waals surface area contributed by atoms with Gasteiger partial charge in [0.25, 0.3) is 17.7 Å². The van der Waals surface area contributed by atoms with E-state index < -0.39 is 17.8 Å². The minimum Gasteiger partial charge on any atom is -0.352 e. The van der Waals surface area contributed by atoms with Gasteiger partial charge >= 0.3 is 5.97 Å². The average Bonchev–Trinajstić information content (AvgIpc) is 2.96. The number of hydrogen-bond acceptors (Lipinski definition) is 6. The molecule has 137 valence electrons. The molecular formula is C18H19N2O6. The van der Waals surface area contributed by atoms with E-state index in [1.165, 1.54) is 24.3 Å². The standard InChI is InChI=1S/C18H19N2O6/c21-12-4-2-1-3-11-19-17(24)13-5-7-14(8-6-13)18(25)26-20-15(22)9-10-16(20)23/h5-8H,1-4,9-11H2,(H,19,24). The van der Waals surface area contributed by atoms with Gasteiger partial charge in [-0.25, -0.2) is 4.79 Å². The molecule has 0 atom stereocenters. The summed E-state index contributed by atoms with van der Waals surface area (Å²) in [6.45, 7) is 0.487. The summed E-state index contributed by atoms with van der Waals surface area (Å²) in [5, 5.41) is 3.22. The molecule has 0 saturated carbocycles. The minimum absolute atomic E-state index is 0.0264. The summed E-state index contributed by atoms with van der Waals surface area (Å²) in [4.78, 5) is 61.7. The zero-order valence-corrected chi connectivity index (χ0v) is 14.2. The molecule has 0 unspecified atom stereocenters. The topological polar surface area (TPSA) is 110 Å². The number of hydrogen-bond donors (Lipinski definition) is 1. The maximum Gasteiger partial charge on any atom is 0.363 e. The number of carbonyl (C=O) groups excluding carboxylic acids is 5. The van der Waals surface area contributed by atoms with E-state index in [-0.39, 0.29) is 24.3 Å². The lowest BCUT2D eigenvalue weighted by Gasteiger charge is -2.12. The molecule has 8 nitrogen and oxygen atoms in total. The van der Waals surface area contributed by atoms with E-state index in [0.29, 0.717) is 23.6 Å². The fourth-order valence-corrected chi connectivity index (χ4v) is 2.35. The predicted octanol–water partition coefficient (Wildman–Crippen LogP) is 1.31. The first-order valence-electron chi connectivity index (χ1n) is 8.34. The van der Waals surface area contributed by atoms with Gasteiger partial charge in [0.15, 0.2) is 6.29 Å². The quantitative estimate of drug-likeness (QED) is 0.526. The van der Waals surface area contributed by atoms with Gasteiger partial charge in [0.2, 0.25) is 0 Å². The van der Waals surface area contributed by atoms with Crippen molar-refractivity contribution in [3.8, 4) is 0 Å². The lowest BCUT2D eigenvalue weighted by molar-refractivity contribution is -0.172. The number of hydroxylamine groups is 2. The van der Waals surface area contributed by atoms with E-state index in [1.807, 2.05) is 6.29 Å². The molecular weight excluding hydrogens is 340 g/mol. The van der Waals surface area contributed by atoms with Crippen LogP contribution in [-0.4, -0.2) is 41.6 Å². The van der Waals surface area contributed by atoms with Gasteiger partial charge in [-0.2, -0.15) is 0 Å². The van der Waals surface area contributed by atoms with E-state index in [9.17, 15) is 24.0 Å². The summed E-state index contributed by atoms with van der Waals surface area (Å²) in [7, 11) is 0. The largest absolute Gasteiger partial charge is 0.363 e. The molecule has 1 aliphatic rings. The summed E-state index contributed by atoms with van der Waals surface area (Å²) < 4.78 is 0. The van der Waals surface area contributed by atoms with Crippen LogP contribution in [0.4, 0.5) is 0 Å². The van der Waals surface area contributed by atoms with E-state index in [1.54, 1.807) is 0 Å². The number of amides is 3. The van der Waals surface area contributed by atoms with Gasteiger partial charge in [0.1, 0.15) is 0 Å². The second kappa shape index (κ2) is 9.45. The van der Waals surface area contributed by atoms with Crippen LogP contribution in [-0.2, 0) is 19.2 Å². The number of unbranched alkanes of at least 4 members (excludes halogenated alkanes) is 3. The smallest absolute Gasteiger partial charge is 0.352 e. The van der Waals surface area contributed by atoms with Crippen molar-refractivity contribution in [2.24, 2.45) is 0 Å². The Kier molecular flexibility index (Phi) is 7.02. The highest BCUT2D eigenvalue weighted by Crippen LogP contribution is 2.14. The Labute approximate surface area is 150 Å². The molecule has 1 radical (unpaired) electrons. The Morgan fingerprint density at radius 1 is 1.00 bits per heavy atom. The van der Waals surface area contributed by atoms with Gasteiger partial charge in [-0.1, -0.05) is 6.42 Å². The van der Waals surface area contributed by atoms with Crippen LogP contribution in [0.1, 0.15) is 59.2 Å². The van der Waals surface area contributed by atoms with Crippen molar-refractivity contribution in [2.75, 3.05) is 6.54 Å². The van der Waals surface area contributed by atoms with Crippen LogP contribution in [0, 0.1) is 0 Å². The minimum atomic E-state index is -0.840. The van der Waals surface area contributed by atoms with Gasteiger partial charge in [-0.3, -0.25) is 19.2 Å². The molecule has 1 saturated heterocycles. The first-order valence-corrected chi connectivity index (χ1v) is 8.34. The van der Waals surface area contributed by atoms with Crippen molar-refractivity contribution >= 4 is 30.0 Å². The van der Waals surface area contributed by atoms with Gasteiger partial charge < -0.3 is 10.2 Å². The molecule has 0 aliphatic carbocycles. The Bertz CT molecular complexity index is 682. The van der Waals surface area contributed by atoms with Crippen LogP contribution < -0.4 is 5.32 Å². The highest BCUT2D eigenvalue weighted by atomic mass is 16.7. The number of carbonyl (C=O) groups is 4. The van der Waals surface area contributed by atoms with Crippen LogP contribution in [0.5, 0.6) is 0 Å². The highest BCUT2D eigenvalue weighted by Gasteiger charge is 2.33. The van der Waals surface area contributed by atoms with Gasteiger partial charge in [0, 0.05) is 31.4 Å². The molecule has 1 aromatic rings. The number of nitrogens with zero attached hydrogens (tertiary/aromatic N) is 1. The monoisotopic (exact) mass is 359 g/mol. The predicted molar refractivity (Wildman–Crippen MR) is 89.4 cm³/mol. The SMILES string of the molecule is O=[C]CCCCCNC(=O)c1ccc(C(=O)ON2C(=O)CCC2=O)cc1. The second-order valence-electron chi connectivity index (χ2n) is 5.75. The van der Waals surface area contributed by atoms with E-state index in [4.69, 9.17) is 4.84 Å². The summed E-state index contributed by atoms with van der Waals surface area (Å²) in [6.07, 6.45) is 4.61. The van der Waals surface area contributed by atoms with Crippen molar-refractivity contribution in [2.45, 2.75) is 38.5 Å². The van der Waals surface area contributed by atoms with E-state index in [2.05, 4.69) is 5.32 Å². The Morgan fingerprint density at radius 3 is 2.23 bits per heavy atom. The number of imide groups is 1. The summed E-state index contributed by atoms with van der Waals surface area (Å²) in [6, 6.07) is 5.70. The first kappa shape index (κ1) is 19.3. The zero-order chi connectivity index (χ0) is 18.9. The molecule has 1 fully saturated rings.